The van der Waals surface area contributed by atoms with Gasteiger partial charge in [0, 0.05) is 32.6 Å². The molecular weight excluding hydrogens is 408 g/mol. The lowest BCUT2D eigenvalue weighted by Crippen LogP contribution is -2.61. The fourth-order valence-corrected chi connectivity index (χ4v) is 3.85. The van der Waals surface area contributed by atoms with Gasteiger partial charge in [0.05, 0.1) is 11.6 Å². The maximum Gasteiger partial charge on any atom is 0.405 e. The van der Waals surface area contributed by atoms with E-state index in [9.17, 15) is 20.0 Å². The Labute approximate surface area is 186 Å². The van der Waals surface area contributed by atoms with E-state index in [1.54, 1.807) is 6.07 Å². The molecule has 1 aliphatic heterocycles. The molecule has 1 fully saturated rings. The molecule has 2 N–H and O–H groups in total. The smallest absolute Gasteiger partial charge is 0.405 e. The minimum atomic E-state index is -1.34. The van der Waals surface area contributed by atoms with Crippen molar-refractivity contribution in [2.75, 3.05) is 19.8 Å². The van der Waals surface area contributed by atoms with Gasteiger partial charge in [0.2, 0.25) is 0 Å². The van der Waals surface area contributed by atoms with Crippen LogP contribution in [0.15, 0.2) is 42.5 Å². The van der Waals surface area contributed by atoms with Crippen LogP contribution in [0.5, 0.6) is 0 Å². The summed E-state index contributed by atoms with van der Waals surface area (Å²) in [7, 11) is 0. The summed E-state index contributed by atoms with van der Waals surface area (Å²) >= 11 is 0. The van der Waals surface area contributed by atoms with Crippen molar-refractivity contribution in [3.8, 4) is 23.4 Å². The average molecular weight is 432 g/mol. The Hall–Kier alpha value is -3.88. The van der Waals surface area contributed by atoms with Crippen LogP contribution in [0.2, 0.25) is 0 Å². The highest BCUT2D eigenvalue weighted by atomic mass is 16.5. The number of aryl methyl sites for hydroxylation is 1. The molecule has 2 amide bonds. The van der Waals surface area contributed by atoms with E-state index in [2.05, 4.69) is 11.4 Å². The Kier molecular flexibility index (Phi) is 7.09. The summed E-state index contributed by atoms with van der Waals surface area (Å²) in [5.74, 6) is -0.546. The van der Waals surface area contributed by atoms with Crippen LogP contribution in [-0.2, 0) is 16.0 Å². The summed E-state index contributed by atoms with van der Waals surface area (Å²) in [5, 5.41) is 30.1. The molecule has 164 valence electrons. The number of ether oxygens (including phenoxy) is 1. The van der Waals surface area contributed by atoms with E-state index in [0.717, 1.165) is 27.2 Å². The molecule has 0 atom stereocenters. The number of benzene rings is 2. The predicted octanol–water partition coefficient (Wildman–Crippen LogP) is 3.20. The van der Waals surface area contributed by atoms with Gasteiger partial charge in [0.15, 0.2) is 6.19 Å². The summed E-state index contributed by atoms with van der Waals surface area (Å²) in [6.07, 6.45) is 1.44. The molecule has 2 aromatic rings. The molecule has 2 aromatic carbocycles. The van der Waals surface area contributed by atoms with Crippen LogP contribution < -0.4 is 5.32 Å². The van der Waals surface area contributed by atoms with Gasteiger partial charge >= 0.3 is 6.09 Å². The zero-order chi connectivity index (χ0) is 23.1. The number of amides is 2. The van der Waals surface area contributed by atoms with Gasteiger partial charge in [-0.05, 0) is 41.7 Å². The first-order chi connectivity index (χ1) is 15.4. The molecule has 1 aliphatic rings. The van der Waals surface area contributed by atoms with Crippen molar-refractivity contribution in [2.24, 2.45) is 0 Å². The lowest BCUT2D eigenvalue weighted by Gasteiger charge is -2.37. The number of hydrogen-bond donors (Lipinski definition) is 2. The van der Waals surface area contributed by atoms with Crippen LogP contribution in [0.25, 0.3) is 11.1 Å². The predicted molar refractivity (Wildman–Crippen MR) is 116 cm³/mol. The maximum atomic E-state index is 13.0. The molecule has 8 heteroatoms. The van der Waals surface area contributed by atoms with E-state index in [-0.39, 0.29) is 32.6 Å². The number of carboxylic acid groups (broad SMARTS) is 1. The molecule has 3 rings (SSSR count). The largest absolute Gasteiger partial charge is 0.465 e. The minimum absolute atomic E-state index is 0.147. The van der Waals surface area contributed by atoms with Crippen molar-refractivity contribution >= 4 is 12.0 Å². The quantitative estimate of drug-likeness (QED) is 0.533. The van der Waals surface area contributed by atoms with Gasteiger partial charge in [-0.2, -0.15) is 10.5 Å². The van der Waals surface area contributed by atoms with Gasteiger partial charge in [0.1, 0.15) is 5.54 Å². The lowest BCUT2D eigenvalue weighted by atomic mass is 9.88. The summed E-state index contributed by atoms with van der Waals surface area (Å²) in [6, 6.07) is 15.6. The van der Waals surface area contributed by atoms with Crippen LogP contribution in [0, 0.1) is 29.7 Å². The normalized spacial score (nSPS) is 14.6. The van der Waals surface area contributed by atoms with E-state index < -0.39 is 17.5 Å². The first-order valence-electron chi connectivity index (χ1n) is 10.3. The average Bonchev–Trinajstić information content (AvgIpc) is 2.80. The molecule has 1 saturated heterocycles. The molecule has 1 heterocycles. The highest BCUT2D eigenvalue weighted by Crippen LogP contribution is 2.25. The van der Waals surface area contributed by atoms with Crippen molar-refractivity contribution in [1.82, 2.24) is 10.2 Å². The monoisotopic (exact) mass is 432 g/mol. The van der Waals surface area contributed by atoms with E-state index in [0.29, 0.717) is 12.0 Å². The second-order valence-corrected chi connectivity index (χ2v) is 7.77. The molecule has 0 spiro atoms. The van der Waals surface area contributed by atoms with Crippen molar-refractivity contribution in [3.63, 3.8) is 0 Å². The number of nitriles is 2. The topological polar surface area (TPSA) is 126 Å². The fraction of sp³-hybridized carbons (Fsp3) is 0.333. The van der Waals surface area contributed by atoms with Gasteiger partial charge in [-0.3, -0.25) is 4.79 Å². The first kappa shape index (κ1) is 22.8. The molecule has 0 unspecified atom stereocenters. The molecule has 32 heavy (non-hydrogen) atoms. The standard InChI is InChI=1S/C24H24N4O4/c1-17-14-20(6-7-21(17)15-25)19-4-2-18(3-5-19)8-11-28(16-26)22(29)24(27-23(30)31)9-12-32-13-10-24/h2-7,14,27H,8-13H2,1H3,(H,30,31). The van der Waals surface area contributed by atoms with Crippen LogP contribution >= 0.6 is 0 Å². The number of carbonyl (C=O) groups is 2. The lowest BCUT2D eigenvalue weighted by molar-refractivity contribution is -0.139. The summed E-state index contributed by atoms with van der Waals surface area (Å²) in [6.45, 7) is 2.55. The third kappa shape index (κ3) is 5.05. The third-order valence-electron chi connectivity index (χ3n) is 5.73. The highest BCUT2D eigenvalue weighted by molar-refractivity contribution is 5.90. The van der Waals surface area contributed by atoms with Crippen molar-refractivity contribution in [3.05, 3.63) is 59.2 Å². The fourth-order valence-electron chi connectivity index (χ4n) is 3.85. The van der Waals surface area contributed by atoms with E-state index >= 15 is 0 Å². The van der Waals surface area contributed by atoms with Crippen molar-refractivity contribution < 1.29 is 19.4 Å². The molecular formula is C24H24N4O4. The molecule has 0 saturated carbocycles. The number of carbonyl (C=O) groups excluding carboxylic acids is 1. The number of rotatable bonds is 6. The third-order valence-corrected chi connectivity index (χ3v) is 5.73. The molecule has 8 nitrogen and oxygen atoms in total. The van der Waals surface area contributed by atoms with Gasteiger partial charge in [-0.25, -0.2) is 9.69 Å². The molecule has 0 radical (unpaired) electrons. The number of hydrogen-bond acceptors (Lipinski definition) is 5. The Morgan fingerprint density at radius 2 is 1.78 bits per heavy atom. The van der Waals surface area contributed by atoms with Gasteiger partial charge in [-0.15, -0.1) is 0 Å². The van der Waals surface area contributed by atoms with Crippen LogP contribution in [0.1, 0.15) is 29.5 Å². The van der Waals surface area contributed by atoms with Crippen LogP contribution in [-0.4, -0.2) is 47.3 Å². The van der Waals surface area contributed by atoms with Gasteiger partial charge < -0.3 is 15.2 Å². The maximum absolute atomic E-state index is 13.0. The van der Waals surface area contributed by atoms with Crippen molar-refractivity contribution in [2.45, 2.75) is 31.7 Å². The van der Waals surface area contributed by atoms with E-state index in [1.807, 2.05) is 49.5 Å². The van der Waals surface area contributed by atoms with Gasteiger partial charge in [0.25, 0.3) is 5.91 Å². The number of nitrogens with zero attached hydrogens (tertiary/aromatic N) is 3. The van der Waals surface area contributed by atoms with Crippen molar-refractivity contribution in [1.29, 1.82) is 10.5 Å². The zero-order valence-corrected chi connectivity index (χ0v) is 17.8. The Balaban J connectivity index is 1.69. The molecule has 0 aromatic heterocycles. The Bertz CT molecular complexity index is 1080. The summed E-state index contributed by atoms with van der Waals surface area (Å²) in [5.41, 5.74) is 3.17. The van der Waals surface area contributed by atoms with Gasteiger partial charge in [-0.1, -0.05) is 36.4 Å². The summed E-state index contributed by atoms with van der Waals surface area (Å²) in [4.78, 5) is 25.3. The highest BCUT2D eigenvalue weighted by Gasteiger charge is 2.44. The SMILES string of the molecule is Cc1cc(-c2ccc(CCN(C#N)C(=O)C3(NC(=O)O)CCOCC3)cc2)ccc1C#N. The van der Waals surface area contributed by atoms with Crippen LogP contribution in [0.3, 0.4) is 0 Å². The summed E-state index contributed by atoms with van der Waals surface area (Å²) < 4.78 is 5.26. The molecule has 0 aliphatic carbocycles. The zero-order valence-electron chi connectivity index (χ0n) is 17.8. The first-order valence-corrected chi connectivity index (χ1v) is 10.3. The van der Waals surface area contributed by atoms with Crippen LogP contribution in [0.4, 0.5) is 4.79 Å². The Morgan fingerprint density at radius 3 is 2.34 bits per heavy atom. The minimum Gasteiger partial charge on any atom is -0.465 e. The second kappa shape index (κ2) is 9.95. The second-order valence-electron chi connectivity index (χ2n) is 7.77. The Morgan fingerprint density at radius 1 is 1.12 bits per heavy atom. The molecule has 0 bridgehead atoms. The number of nitrogens with one attached hydrogen (secondary N) is 1. The van der Waals surface area contributed by atoms with E-state index in [4.69, 9.17) is 10.00 Å². The van der Waals surface area contributed by atoms with E-state index in [1.165, 1.54) is 0 Å².